The lowest BCUT2D eigenvalue weighted by atomic mass is 9.87. The Balaban J connectivity index is 2.16. The lowest BCUT2D eigenvalue weighted by molar-refractivity contribution is 0.0601. The number of carbonyl (C=O) groups excluding carboxylic acids is 1. The average molecular weight is 393 g/mol. The second-order valence-corrected chi connectivity index (χ2v) is 7.82. The number of pyridine rings is 1. The molecule has 0 aliphatic carbocycles. The standard InChI is InChI=1S/C23H28N4O2/c1-7-23(4,5)19-14-20(27(26-19)18-11-9-8-10-15(18)2)25-21-17(22(28)29-6)13-12-16(3)24-21/h8-14H,7H2,1-6H3,(H,24,25). The smallest absolute Gasteiger partial charge is 0.341 e. The van der Waals surface area contributed by atoms with Gasteiger partial charge in [0.2, 0.25) is 0 Å². The molecular formula is C23H28N4O2. The van der Waals surface area contributed by atoms with Gasteiger partial charge in [0.15, 0.2) is 0 Å². The van der Waals surface area contributed by atoms with Crippen LogP contribution >= 0.6 is 0 Å². The molecule has 2 heterocycles. The van der Waals surface area contributed by atoms with Gasteiger partial charge in [-0.1, -0.05) is 39.0 Å². The minimum atomic E-state index is -0.434. The van der Waals surface area contributed by atoms with Crippen LogP contribution in [0.25, 0.3) is 5.69 Å². The number of ether oxygens (including phenoxy) is 1. The highest BCUT2D eigenvalue weighted by atomic mass is 16.5. The van der Waals surface area contributed by atoms with Crippen LogP contribution in [0.15, 0.2) is 42.5 Å². The maximum atomic E-state index is 12.2. The zero-order valence-electron chi connectivity index (χ0n) is 17.9. The lowest BCUT2D eigenvalue weighted by Crippen LogP contribution is -2.16. The minimum absolute atomic E-state index is 0.0877. The van der Waals surface area contributed by atoms with Crippen LogP contribution in [0, 0.1) is 13.8 Å². The van der Waals surface area contributed by atoms with Gasteiger partial charge < -0.3 is 10.1 Å². The summed E-state index contributed by atoms with van der Waals surface area (Å²) in [6.45, 7) is 10.4. The van der Waals surface area contributed by atoms with Gasteiger partial charge in [-0.25, -0.2) is 14.5 Å². The van der Waals surface area contributed by atoms with E-state index in [2.05, 4.69) is 44.1 Å². The molecule has 3 rings (SSSR count). The van der Waals surface area contributed by atoms with Crippen LogP contribution in [0.4, 0.5) is 11.6 Å². The number of rotatable bonds is 6. The topological polar surface area (TPSA) is 69.0 Å². The number of anilines is 2. The van der Waals surface area contributed by atoms with E-state index in [1.165, 1.54) is 7.11 Å². The van der Waals surface area contributed by atoms with Crippen LogP contribution in [-0.2, 0) is 10.2 Å². The summed E-state index contributed by atoms with van der Waals surface area (Å²) >= 11 is 0. The molecule has 152 valence electrons. The summed E-state index contributed by atoms with van der Waals surface area (Å²) < 4.78 is 6.81. The fourth-order valence-electron chi connectivity index (χ4n) is 3.01. The first-order valence-corrected chi connectivity index (χ1v) is 9.76. The Morgan fingerprint density at radius 3 is 2.55 bits per heavy atom. The first kappa shape index (κ1) is 20.6. The molecule has 0 bridgehead atoms. The first-order chi connectivity index (χ1) is 13.8. The molecule has 0 amide bonds. The van der Waals surface area contributed by atoms with Gasteiger partial charge in [0, 0.05) is 17.2 Å². The molecule has 0 aliphatic rings. The Labute approximate surface area is 171 Å². The molecule has 0 atom stereocenters. The van der Waals surface area contributed by atoms with Crippen LogP contribution in [0.3, 0.4) is 0 Å². The molecular weight excluding hydrogens is 364 g/mol. The molecule has 0 saturated carbocycles. The summed E-state index contributed by atoms with van der Waals surface area (Å²) in [6, 6.07) is 13.6. The number of hydrogen-bond acceptors (Lipinski definition) is 5. The zero-order valence-corrected chi connectivity index (χ0v) is 17.9. The van der Waals surface area contributed by atoms with Crippen molar-refractivity contribution < 1.29 is 9.53 Å². The van der Waals surface area contributed by atoms with Gasteiger partial charge in [-0.05, 0) is 44.0 Å². The van der Waals surface area contributed by atoms with Gasteiger partial charge in [0.05, 0.1) is 18.5 Å². The number of aromatic nitrogens is 3. The van der Waals surface area contributed by atoms with Crippen molar-refractivity contribution in [3.63, 3.8) is 0 Å². The van der Waals surface area contributed by atoms with Gasteiger partial charge >= 0.3 is 5.97 Å². The summed E-state index contributed by atoms with van der Waals surface area (Å²) in [6.07, 6.45) is 0.952. The average Bonchev–Trinajstić information content (AvgIpc) is 3.12. The van der Waals surface area contributed by atoms with E-state index < -0.39 is 5.97 Å². The number of para-hydroxylation sites is 1. The summed E-state index contributed by atoms with van der Waals surface area (Å²) in [5.41, 5.74) is 4.14. The maximum absolute atomic E-state index is 12.2. The number of benzene rings is 1. The largest absolute Gasteiger partial charge is 0.465 e. The van der Waals surface area contributed by atoms with Gasteiger partial charge in [0.1, 0.15) is 17.2 Å². The Kier molecular flexibility index (Phi) is 5.73. The van der Waals surface area contributed by atoms with Gasteiger partial charge in [-0.15, -0.1) is 0 Å². The number of nitrogens with zero attached hydrogens (tertiary/aromatic N) is 3. The Morgan fingerprint density at radius 1 is 1.17 bits per heavy atom. The van der Waals surface area contributed by atoms with Crippen LogP contribution in [-0.4, -0.2) is 27.8 Å². The second kappa shape index (κ2) is 8.07. The molecule has 3 aromatic rings. The van der Waals surface area contributed by atoms with Crippen molar-refractivity contribution in [2.24, 2.45) is 0 Å². The number of nitrogens with one attached hydrogen (secondary N) is 1. The van der Waals surface area contributed by atoms with Crippen LogP contribution in [0.1, 0.15) is 54.5 Å². The Hall–Kier alpha value is -3.15. The molecule has 1 aromatic carbocycles. The molecule has 0 aliphatic heterocycles. The van der Waals surface area contributed by atoms with Gasteiger partial charge in [0.25, 0.3) is 0 Å². The second-order valence-electron chi connectivity index (χ2n) is 7.82. The van der Waals surface area contributed by atoms with E-state index in [1.807, 2.05) is 35.9 Å². The maximum Gasteiger partial charge on any atom is 0.341 e. The minimum Gasteiger partial charge on any atom is -0.465 e. The third-order valence-corrected chi connectivity index (χ3v) is 5.32. The molecule has 0 radical (unpaired) electrons. The Bertz CT molecular complexity index is 1040. The number of esters is 1. The first-order valence-electron chi connectivity index (χ1n) is 9.76. The molecule has 6 nitrogen and oxygen atoms in total. The van der Waals surface area contributed by atoms with Crippen molar-refractivity contribution in [3.05, 3.63) is 65.0 Å². The summed E-state index contributed by atoms with van der Waals surface area (Å²) in [7, 11) is 1.37. The van der Waals surface area contributed by atoms with Gasteiger partial charge in [-0.2, -0.15) is 5.10 Å². The van der Waals surface area contributed by atoms with Crippen LogP contribution < -0.4 is 5.32 Å². The van der Waals surface area contributed by atoms with Crippen molar-refractivity contribution in [1.82, 2.24) is 14.8 Å². The van der Waals surface area contributed by atoms with E-state index in [9.17, 15) is 4.79 Å². The summed E-state index contributed by atoms with van der Waals surface area (Å²) in [5.74, 6) is 0.766. The summed E-state index contributed by atoms with van der Waals surface area (Å²) in [4.78, 5) is 16.8. The van der Waals surface area contributed by atoms with Crippen molar-refractivity contribution in [1.29, 1.82) is 0 Å². The van der Waals surface area contributed by atoms with E-state index in [-0.39, 0.29) is 5.41 Å². The van der Waals surface area contributed by atoms with Gasteiger partial charge in [-0.3, -0.25) is 0 Å². The monoisotopic (exact) mass is 392 g/mol. The van der Waals surface area contributed by atoms with E-state index in [0.29, 0.717) is 11.4 Å². The highest BCUT2D eigenvalue weighted by Crippen LogP contribution is 2.31. The molecule has 0 spiro atoms. The third-order valence-electron chi connectivity index (χ3n) is 5.32. The number of hydrogen-bond donors (Lipinski definition) is 1. The van der Waals surface area contributed by atoms with E-state index in [4.69, 9.17) is 9.84 Å². The van der Waals surface area contributed by atoms with Crippen LogP contribution in [0.2, 0.25) is 0 Å². The number of aryl methyl sites for hydroxylation is 2. The molecule has 1 N–H and O–H groups in total. The third kappa shape index (κ3) is 4.16. The molecule has 0 fully saturated rings. The molecule has 2 aromatic heterocycles. The number of methoxy groups -OCH3 is 1. The quantitative estimate of drug-likeness (QED) is 0.591. The van der Waals surface area contributed by atoms with Crippen molar-refractivity contribution >= 4 is 17.6 Å². The fourth-order valence-corrected chi connectivity index (χ4v) is 3.01. The predicted octanol–water partition coefficient (Wildman–Crippen LogP) is 5.10. The van der Waals surface area contributed by atoms with Crippen molar-refractivity contribution in [2.45, 2.75) is 46.5 Å². The molecule has 6 heteroatoms. The molecule has 0 unspecified atom stereocenters. The highest BCUT2D eigenvalue weighted by Gasteiger charge is 2.25. The Morgan fingerprint density at radius 2 is 1.90 bits per heavy atom. The normalized spacial score (nSPS) is 11.4. The molecule has 29 heavy (non-hydrogen) atoms. The van der Waals surface area contributed by atoms with Crippen molar-refractivity contribution in [3.8, 4) is 5.69 Å². The van der Waals surface area contributed by atoms with Crippen molar-refractivity contribution in [2.75, 3.05) is 12.4 Å². The van der Waals surface area contributed by atoms with E-state index in [1.54, 1.807) is 12.1 Å². The fraction of sp³-hybridized carbons (Fsp3) is 0.348. The highest BCUT2D eigenvalue weighted by molar-refractivity contribution is 5.95. The van der Waals surface area contributed by atoms with E-state index >= 15 is 0 Å². The number of carbonyl (C=O) groups is 1. The SMILES string of the molecule is CCC(C)(C)c1cc(Nc2nc(C)ccc2C(=O)OC)n(-c2ccccc2C)n1. The summed E-state index contributed by atoms with van der Waals surface area (Å²) in [5, 5.41) is 8.24. The zero-order chi connectivity index (χ0) is 21.2. The lowest BCUT2D eigenvalue weighted by Gasteiger charge is -2.19. The van der Waals surface area contributed by atoms with Crippen LogP contribution in [0.5, 0.6) is 0 Å². The molecule has 0 saturated heterocycles. The predicted molar refractivity (Wildman–Crippen MR) is 115 cm³/mol. The van der Waals surface area contributed by atoms with E-state index in [0.717, 1.165) is 34.9 Å².